The molecule has 2 fully saturated rings. The number of nitrogens with zero attached hydrogens (tertiary/aromatic N) is 3. The number of amides is 1. The van der Waals surface area contributed by atoms with E-state index in [9.17, 15) is 15.2 Å². The molecule has 1 aromatic carbocycles. The van der Waals surface area contributed by atoms with Gasteiger partial charge in [0, 0.05) is 23.2 Å². The molecule has 140 valence electrons. The molecule has 7 nitrogen and oxygen atoms in total. The number of hydrogen-bond acceptors (Lipinski definition) is 6. The fourth-order valence-corrected chi connectivity index (χ4v) is 4.55. The fraction of sp³-hybridized carbons (Fsp3) is 0.421. The first-order chi connectivity index (χ1) is 13.0. The van der Waals surface area contributed by atoms with E-state index in [0.717, 1.165) is 15.4 Å². The van der Waals surface area contributed by atoms with Crippen LogP contribution in [0.2, 0.25) is 0 Å². The third kappa shape index (κ3) is 3.48. The number of carboxylic acid groups (broad SMARTS) is 1. The van der Waals surface area contributed by atoms with Gasteiger partial charge in [-0.05, 0) is 38.0 Å². The highest BCUT2D eigenvalue weighted by Crippen LogP contribution is 2.35. The standard InChI is InChI=1S/C19H19N3O4S/c1-11-10-21-18(27-11)13-6-12(9-20)7-14(8-13)26-16-3-2-15-17(16)25-5-4-22(15)19(23)24/h6-8,10,15-17H,2-5H2,1H3,(H,23,24)/t15-,16+,17+/m0/s1. The lowest BCUT2D eigenvalue weighted by Crippen LogP contribution is -2.53. The molecule has 8 heteroatoms. The highest BCUT2D eigenvalue weighted by molar-refractivity contribution is 7.14. The fourth-order valence-electron chi connectivity index (χ4n) is 3.80. The molecule has 1 aliphatic carbocycles. The number of aromatic nitrogens is 1. The van der Waals surface area contributed by atoms with Crippen molar-refractivity contribution in [3.63, 3.8) is 0 Å². The highest BCUT2D eigenvalue weighted by Gasteiger charge is 2.45. The van der Waals surface area contributed by atoms with Gasteiger partial charge in [0.1, 0.15) is 23.0 Å². The third-order valence-electron chi connectivity index (χ3n) is 4.97. The number of nitriles is 1. The second kappa shape index (κ2) is 7.18. The van der Waals surface area contributed by atoms with E-state index >= 15 is 0 Å². The first-order valence-corrected chi connectivity index (χ1v) is 9.62. The van der Waals surface area contributed by atoms with Gasteiger partial charge < -0.3 is 19.5 Å². The first-order valence-electron chi connectivity index (χ1n) is 8.81. The molecule has 1 saturated heterocycles. The number of morpholine rings is 1. The summed E-state index contributed by atoms with van der Waals surface area (Å²) in [6.07, 6.45) is 1.78. The zero-order chi connectivity index (χ0) is 19.0. The molecule has 27 heavy (non-hydrogen) atoms. The van der Waals surface area contributed by atoms with Crippen LogP contribution in [0.5, 0.6) is 5.75 Å². The van der Waals surface area contributed by atoms with Gasteiger partial charge in [0.2, 0.25) is 0 Å². The van der Waals surface area contributed by atoms with E-state index in [1.54, 1.807) is 29.7 Å². The lowest BCUT2D eigenvalue weighted by Gasteiger charge is -2.37. The summed E-state index contributed by atoms with van der Waals surface area (Å²) >= 11 is 1.56. The van der Waals surface area contributed by atoms with E-state index < -0.39 is 6.09 Å². The van der Waals surface area contributed by atoms with E-state index in [2.05, 4.69) is 11.1 Å². The largest absolute Gasteiger partial charge is 0.488 e. The van der Waals surface area contributed by atoms with Crippen molar-refractivity contribution in [2.75, 3.05) is 13.2 Å². The molecule has 4 rings (SSSR count). The minimum absolute atomic E-state index is 0.179. The molecule has 1 aliphatic heterocycles. The van der Waals surface area contributed by atoms with Crippen LogP contribution in [0, 0.1) is 18.3 Å². The molecule has 0 unspecified atom stereocenters. The Labute approximate surface area is 160 Å². The predicted octanol–water partition coefficient (Wildman–Crippen LogP) is 3.28. The van der Waals surface area contributed by atoms with Gasteiger partial charge in [0.05, 0.1) is 24.3 Å². The zero-order valence-corrected chi connectivity index (χ0v) is 15.6. The summed E-state index contributed by atoms with van der Waals surface area (Å²) in [6, 6.07) is 7.37. The SMILES string of the molecule is Cc1cnc(-c2cc(C#N)cc(O[C@@H]3CC[C@H]4[C@H]3OCCN4C(=O)O)c2)s1. The van der Waals surface area contributed by atoms with Gasteiger partial charge in [-0.25, -0.2) is 9.78 Å². The monoisotopic (exact) mass is 385 g/mol. The van der Waals surface area contributed by atoms with Crippen molar-refractivity contribution in [1.29, 1.82) is 5.26 Å². The van der Waals surface area contributed by atoms with Crippen LogP contribution in [0.25, 0.3) is 10.6 Å². The van der Waals surface area contributed by atoms with Crippen LogP contribution in [-0.4, -0.2) is 52.5 Å². The second-order valence-electron chi connectivity index (χ2n) is 6.75. The van der Waals surface area contributed by atoms with E-state index in [-0.39, 0.29) is 18.2 Å². The first kappa shape index (κ1) is 17.8. The maximum atomic E-state index is 11.4. The summed E-state index contributed by atoms with van der Waals surface area (Å²) in [5, 5.41) is 19.6. The molecular formula is C19H19N3O4S. The average molecular weight is 385 g/mol. The van der Waals surface area contributed by atoms with Crippen molar-refractivity contribution in [3.05, 3.63) is 34.8 Å². The summed E-state index contributed by atoms with van der Waals surface area (Å²) in [4.78, 5) is 18.4. The van der Waals surface area contributed by atoms with Crippen molar-refractivity contribution in [1.82, 2.24) is 9.88 Å². The smallest absolute Gasteiger partial charge is 0.407 e. The maximum Gasteiger partial charge on any atom is 0.407 e. The Kier molecular flexibility index (Phi) is 4.72. The minimum atomic E-state index is -0.915. The summed E-state index contributed by atoms with van der Waals surface area (Å²) in [6.45, 7) is 2.75. The molecular weight excluding hydrogens is 366 g/mol. The van der Waals surface area contributed by atoms with Crippen LogP contribution in [0.4, 0.5) is 4.79 Å². The summed E-state index contributed by atoms with van der Waals surface area (Å²) in [7, 11) is 0. The van der Waals surface area contributed by atoms with Crippen molar-refractivity contribution in [2.24, 2.45) is 0 Å². The van der Waals surface area contributed by atoms with Gasteiger partial charge in [-0.15, -0.1) is 11.3 Å². The van der Waals surface area contributed by atoms with Gasteiger partial charge in [0.25, 0.3) is 0 Å². The van der Waals surface area contributed by atoms with E-state index in [1.165, 1.54) is 4.90 Å². The molecule has 3 atom stereocenters. The molecule has 0 bridgehead atoms. The lowest BCUT2D eigenvalue weighted by molar-refractivity contribution is -0.0806. The molecule has 1 aromatic heterocycles. The third-order valence-corrected chi connectivity index (χ3v) is 5.93. The van der Waals surface area contributed by atoms with Crippen LogP contribution in [-0.2, 0) is 4.74 Å². The van der Waals surface area contributed by atoms with E-state index in [0.29, 0.717) is 37.3 Å². The summed E-state index contributed by atoms with van der Waals surface area (Å²) in [5.41, 5.74) is 1.34. The molecule has 0 radical (unpaired) electrons. The summed E-state index contributed by atoms with van der Waals surface area (Å²) < 4.78 is 12.0. The topological polar surface area (TPSA) is 95.7 Å². The zero-order valence-electron chi connectivity index (χ0n) is 14.8. The molecule has 2 heterocycles. The number of fused-ring (bicyclic) bond motifs is 1. The molecule has 1 amide bonds. The molecule has 2 aromatic rings. The Balaban J connectivity index is 1.58. The summed E-state index contributed by atoms with van der Waals surface area (Å²) in [5.74, 6) is 0.582. The van der Waals surface area contributed by atoms with Crippen molar-refractivity contribution in [2.45, 2.75) is 38.0 Å². The van der Waals surface area contributed by atoms with Crippen LogP contribution < -0.4 is 4.74 Å². The number of ether oxygens (including phenoxy) is 2. The van der Waals surface area contributed by atoms with Crippen molar-refractivity contribution >= 4 is 17.4 Å². The highest BCUT2D eigenvalue weighted by atomic mass is 32.1. The van der Waals surface area contributed by atoms with Crippen LogP contribution in [0.15, 0.2) is 24.4 Å². The molecule has 1 N–H and O–H groups in total. The lowest BCUT2D eigenvalue weighted by atomic mass is 10.1. The van der Waals surface area contributed by atoms with E-state index in [1.807, 2.05) is 13.0 Å². The Bertz CT molecular complexity index is 907. The number of hydrogen-bond donors (Lipinski definition) is 1. The maximum absolute atomic E-state index is 11.4. The Hall–Kier alpha value is -2.63. The molecule has 2 aliphatic rings. The number of thiazole rings is 1. The average Bonchev–Trinajstić information content (AvgIpc) is 3.28. The Morgan fingerprint density at radius 1 is 1.44 bits per heavy atom. The van der Waals surface area contributed by atoms with Gasteiger partial charge in [0.15, 0.2) is 0 Å². The van der Waals surface area contributed by atoms with Gasteiger partial charge in [-0.3, -0.25) is 0 Å². The van der Waals surface area contributed by atoms with Gasteiger partial charge >= 0.3 is 6.09 Å². The van der Waals surface area contributed by atoms with Gasteiger partial charge in [-0.2, -0.15) is 5.26 Å². The Morgan fingerprint density at radius 2 is 2.30 bits per heavy atom. The number of rotatable bonds is 3. The van der Waals surface area contributed by atoms with Crippen molar-refractivity contribution in [3.8, 4) is 22.4 Å². The second-order valence-corrected chi connectivity index (χ2v) is 7.98. The van der Waals surface area contributed by atoms with E-state index in [4.69, 9.17) is 9.47 Å². The van der Waals surface area contributed by atoms with Crippen molar-refractivity contribution < 1.29 is 19.4 Å². The Morgan fingerprint density at radius 3 is 3.00 bits per heavy atom. The predicted molar refractivity (Wildman–Crippen MR) is 98.9 cm³/mol. The normalized spacial score (nSPS) is 24.3. The quantitative estimate of drug-likeness (QED) is 0.871. The minimum Gasteiger partial charge on any atom is -0.488 e. The van der Waals surface area contributed by atoms with Crippen LogP contribution >= 0.6 is 11.3 Å². The number of benzene rings is 1. The number of aryl methyl sites for hydroxylation is 1. The van der Waals surface area contributed by atoms with Gasteiger partial charge in [-0.1, -0.05) is 0 Å². The number of carbonyl (C=O) groups is 1. The van der Waals surface area contributed by atoms with Crippen LogP contribution in [0.1, 0.15) is 23.3 Å². The molecule has 1 saturated carbocycles. The molecule has 0 spiro atoms. The van der Waals surface area contributed by atoms with Crippen LogP contribution in [0.3, 0.4) is 0 Å².